The average Bonchev–Trinajstić information content (AvgIpc) is 2.99. The molecule has 0 aromatic heterocycles. The van der Waals surface area contributed by atoms with Crippen LogP contribution in [-0.4, -0.2) is 29.6 Å². The average molecular weight is 274 g/mol. The van der Waals surface area contributed by atoms with E-state index in [0.717, 1.165) is 30.5 Å². The zero-order valence-corrected chi connectivity index (χ0v) is 11.2. The normalized spacial score (nSPS) is 24.4. The van der Waals surface area contributed by atoms with Crippen molar-refractivity contribution < 1.29 is 14.7 Å². The van der Waals surface area contributed by atoms with Crippen LogP contribution >= 0.6 is 0 Å². The Morgan fingerprint density at radius 3 is 3.00 bits per heavy atom. The van der Waals surface area contributed by atoms with Crippen LogP contribution in [-0.2, 0) is 11.2 Å². The van der Waals surface area contributed by atoms with Gasteiger partial charge in [-0.25, -0.2) is 0 Å². The number of aliphatic hydroxyl groups excluding tert-OH is 1. The van der Waals surface area contributed by atoms with Gasteiger partial charge in [0.15, 0.2) is 0 Å². The van der Waals surface area contributed by atoms with Gasteiger partial charge in [-0.15, -0.1) is 0 Å². The summed E-state index contributed by atoms with van der Waals surface area (Å²) in [6.45, 7) is 0.508. The molecule has 2 aliphatic rings. The van der Waals surface area contributed by atoms with Gasteiger partial charge in [-0.3, -0.25) is 9.59 Å². The van der Waals surface area contributed by atoms with Crippen molar-refractivity contribution in [3.8, 4) is 0 Å². The number of hydrogen-bond donors (Lipinski definition) is 3. The molecule has 0 radical (unpaired) electrons. The van der Waals surface area contributed by atoms with Crippen LogP contribution in [0.25, 0.3) is 0 Å². The topological polar surface area (TPSA) is 78.4 Å². The van der Waals surface area contributed by atoms with Crippen molar-refractivity contribution in [1.29, 1.82) is 0 Å². The van der Waals surface area contributed by atoms with Gasteiger partial charge in [0.25, 0.3) is 5.91 Å². The molecule has 1 aliphatic heterocycles. The quantitative estimate of drug-likeness (QED) is 0.771. The lowest BCUT2D eigenvalue weighted by atomic mass is 10.1. The van der Waals surface area contributed by atoms with Crippen molar-refractivity contribution in [2.75, 3.05) is 11.9 Å². The number of hydrogen-bond acceptors (Lipinski definition) is 3. The van der Waals surface area contributed by atoms with E-state index in [0.29, 0.717) is 18.5 Å². The van der Waals surface area contributed by atoms with E-state index in [1.807, 2.05) is 0 Å². The maximum atomic E-state index is 12.1. The Balaban J connectivity index is 1.63. The van der Waals surface area contributed by atoms with E-state index < -0.39 is 0 Å². The summed E-state index contributed by atoms with van der Waals surface area (Å²) < 4.78 is 0. The molecule has 1 aromatic rings. The van der Waals surface area contributed by atoms with Gasteiger partial charge in [0.2, 0.25) is 5.91 Å². The molecule has 20 heavy (non-hydrogen) atoms. The Morgan fingerprint density at radius 2 is 2.25 bits per heavy atom. The molecule has 1 aliphatic carbocycles. The summed E-state index contributed by atoms with van der Waals surface area (Å²) in [5.74, 6) is -0.0190. The highest BCUT2D eigenvalue weighted by molar-refractivity contribution is 6.01. The third-order valence-corrected chi connectivity index (χ3v) is 4.14. The molecule has 106 valence electrons. The standard InChI is InChI=1S/C15H18N2O3/c18-13-3-1-2-10(13)8-16-15(20)9-4-5-12-11(6-9)7-14(19)17-12/h4-6,10,13,18H,1-3,7-8H2,(H,16,20)(H,17,19). The first-order valence-electron chi connectivity index (χ1n) is 7.02. The summed E-state index contributed by atoms with van der Waals surface area (Å²) >= 11 is 0. The summed E-state index contributed by atoms with van der Waals surface area (Å²) in [5.41, 5.74) is 2.22. The smallest absolute Gasteiger partial charge is 0.251 e. The van der Waals surface area contributed by atoms with Crippen LogP contribution in [0.1, 0.15) is 35.2 Å². The van der Waals surface area contributed by atoms with Crippen molar-refractivity contribution in [1.82, 2.24) is 5.32 Å². The van der Waals surface area contributed by atoms with Crippen LogP contribution in [0.3, 0.4) is 0 Å². The van der Waals surface area contributed by atoms with E-state index in [2.05, 4.69) is 10.6 Å². The molecule has 1 heterocycles. The first kappa shape index (κ1) is 13.1. The van der Waals surface area contributed by atoms with Crippen molar-refractivity contribution >= 4 is 17.5 Å². The molecule has 0 bridgehead atoms. The number of carbonyl (C=O) groups excluding carboxylic acids is 2. The summed E-state index contributed by atoms with van der Waals surface area (Å²) in [5, 5.41) is 15.3. The van der Waals surface area contributed by atoms with E-state index in [1.54, 1.807) is 18.2 Å². The predicted octanol–water partition coefficient (Wildman–Crippen LogP) is 1.07. The van der Waals surface area contributed by atoms with E-state index in [1.165, 1.54) is 0 Å². The molecule has 5 nitrogen and oxygen atoms in total. The predicted molar refractivity (Wildman–Crippen MR) is 74.5 cm³/mol. The Morgan fingerprint density at radius 1 is 1.40 bits per heavy atom. The minimum atomic E-state index is -0.294. The van der Waals surface area contributed by atoms with Gasteiger partial charge in [-0.2, -0.15) is 0 Å². The lowest BCUT2D eigenvalue weighted by molar-refractivity contribution is -0.115. The zero-order valence-electron chi connectivity index (χ0n) is 11.2. The fourth-order valence-corrected chi connectivity index (χ4v) is 2.95. The van der Waals surface area contributed by atoms with E-state index in [9.17, 15) is 14.7 Å². The molecule has 1 fully saturated rings. The largest absolute Gasteiger partial charge is 0.393 e. The zero-order chi connectivity index (χ0) is 14.1. The Kier molecular flexibility index (Phi) is 3.44. The Bertz CT molecular complexity index is 556. The number of amides is 2. The molecule has 1 aromatic carbocycles. The Labute approximate surface area is 117 Å². The van der Waals surface area contributed by atoms with Crippen LogP contribution in [0, 0.1) is 5.92 Å². The number of nitrogens with one attached hydrogen (secondary N) is 2. The highest BCUT2D eigenvalue weighted by Crippen LogP contribution is 2.25. The monoisotopic (exact) mass is 274 g/mol. The maximum absolute atomic E-state index is 12.1. The third kappa shape index (κ3) is 2.54. The van der Waals surface area contributed by atoms with Gasteiger partial charge in [0.1, 0.15) is 0 Å². The van der Waals surface area contributed by atoms with Crippen LogP contribution < -0.4 is 10.6 Å². The van der Waals surface area contributed by atoms with Gasteiger partial charge in [0.05, 0.1) is 12.5 Å². The highest BCUT2D eigenvalue weighted by Gasteiger charge is 2.25. The molecule has 2 atom stereocenters. The van der Waals surface area contributed by atoms with E-state index in [-0.39, 0.29) is 23.8 Å². The first-order valence-corrected chi connectivity index (χ1v) is 7.02. The molecule has 1 saturated carbocycles. The number of carbonyl (C=O) groups is 2. The minimum Gasteiger partial charge on any atom is -0.393 e. The van der Waals surface area contributed by atoms with E-state index >= 15 is 0 Å². The van der Waals surface area contributed by atoms with Gasteiger partial charge in [-0.05, 0) is 36.6 Å². The minimum absolute atomic E-state index is 0.0355. The summed E-state index contributed by atoms with van der Waals surface area (Å²) in [7, 11) is 0. The fraction of sp³-hybridized carbons (Fsp3) is 0.467. The lowest BCUT2D eigenvalue weighted by Gasteiger charge is -2.15. The van der Waals surface area contributed by atoms with Crippen molar-refractivity contribution in [2.24, 2.45) is 5.92 Å². The van der Waals surface area contributed by atoms with Gasteiger partial charge >= 0.3 is 0 Å². The number of benzene rings is 1. The summed E-state index contributed by atoms with van der Waals surface area (Å²) in [6, 6.07) is 5.23. The molecule has 3 N–H and O–H groups in total. The first-order chi connectivity index (χ1) is 9.63. The molecular formula is C15H18N2O3. The molecule has 0 saturated heterocycles. The van der Waals surface area contributed by atoms with Gasteiger partial charge in [0, 0.05) is 23.7 Å². The second-order valence-electron chi connectivity index (χ2n) is 5.57. The molecule has 0 spiro atoms. The van der Waals surface area contributed by atoms with Crippen molar-refractivity contribution in [2.45, 2.75) is 31.8 Å². The fourth-order valence-electron chi connectivity index (χ4n) is 2.95. The molecule has 3 rings (SSSR count). The second-order valence-corrected chi connectivity index (χ2v) is 5.57. The van der Waals surface area contributed by atoms with Crippen LogP contribution in [0.15, 0.2) is 18.2 Å². The van der Waals surface area contributed by atoms with Gasteiger partial charge < -0.3 is 15.7 Å². The second kappa shape index (κ2) is 5.25. The van der Waals surface area contributed by atoms with Crippen molar-refractivity contribution in [3.63, 3.8) is 0 Å². The molecular weight excluding hydrogens is 256 g/mol. The van der Waals surface area contributed by atoms with Gasteiger partial charge in [-0.1, -0.05) is 6.42 Å². The number of rotatable bonds is 3. The maximum Gasteiger partial charge on any atom is 0.251 e. The van der Waals surface area contributed by atoms with Crippen LogP contribution in [0.2, 0.25) is 0 Å². The molecule has 5 heteroatoms. The van der Waals surface area contributed by atoms with Crippen LogP contribution in [0.5, 0.6) is 0 Å². The number of fused-ring (bicyclic) bond motifs is 1. The van der Waals surface area contributed by atoms with Crippen LogP contribution in [0.4, 0.5) is 5.69 Å². The number of aliphatic hydroxyl groups is 1. The van der Waals surface area contributed by atoms with E-state index in [4.69, 9.17) is 0 Å². The van der Waals surface area contributed by atoms with Crippen molar-refractivity contribution in [3.05, 3.63) is 29.3 Å². The highest BCUT2D eigenvalue weighted by atomic mass is 16.3. The lowest BCUT2D eigenvalue weighted by Crippen LogP contribution is -2.32. The third-order valence-electron chi connectivity index (χ3n) is 4.14. The Hall–Kier alpha value is -1.88. The SMILES string of the molecule is O=C1Cc2cc(C(=O)NCC3CCCC3O)ccc2N1. The number of anilines is 1. The molecule has 2 amide bonds. The summed E-state index contributed by atoms with van der Waals surface area (Å²) in [4.78, 5) is 23.4. The summed E-state index contributed by atoms with van der Waals surface area (Å²) in [6.07, 6.45) is 2.85. The molecule has 2 unspecified atom stereocenters.